The number of rotatable bonds is 4. The first-order valence-corrected chi connectivity index (χ1v) is 8.31. The molecule has 1 heterocycles. The number of hydrogen-bond acceptors (Lipinski definition) is 3. The summed E-state index contributed by atoms with van der Waals surface area (Å²) >= 11 is 5.79. The quantitative estimate of drug-likeness (QED) is 0.926. The van der Waals surface area contributed by atoms with Gasteiger partial charge in [-0.2, -0.15) is 4.31 Å². The van der Waals surface area contributed by atoms with E-state index in [2.05, 4.69) is 0 Å². The summed E-state index contributed by atoms with van der Waals surface area (Å²) in [5.41, 5.74) is 5.56. The molecule has 2 rings (SSSR count). The van der Waals surface area contributed by atoms with Crippen molar-refractivity contribution in [2.45, 2.75) is 24.2 Å². The van der Waals surface area contributed by atoms with E-state index in [1.807, 2.05) is 0 Å². The van der Waals surface area contributed by atoms with Gasteiger partial charge >= 0.3 is 0 Å². The van der Waals surface area contributed by atoms with Crippen LogP contribution in [-0.4, -0.2) is 32.4 Å². The fourth-order valence-corrected chi connectivity index (χ4v) is 4.15. The van der Waals surface area contributed by atoms with Crippen LogP contribution in [0.15, 0.2) is 29.2 Å². The largest absolute Gasteiger partial charge is 0.330 e. The molecule has 0 spiro atoms. The summed E-state index contributed by atoms with van der Waals surface area (Å²) in [7, 11) is -3.40. The van der Waals surface area contributed by atoms with E-state index in [9.17, 15) is 8.42 Å². The molecule has 0 aliphatic carbocycles. The number of nitrogens with two attached hydrogens (primary N) is 1. The maximum absolute atomic E-state index is 12.5. The molecule has 1 aromatic rings. The van der Waals surface area contributed by atoms with E-state index in [0.29, 0.717) is 35.5 Å². The van der Waals surface area contributed by atoms with Gasteiger partial charge in [0.15, 0.2) is 0 Å². The molecule has 0 amide bonds. The lowest BCUT2D eigenvalue weighted by molar-refractivity contribution is 0.258. The molecule has 1 atom stereocenters. The first-order chi connectivity index (χ1) is 9.04. The minimum Gasteiger partial charge on any atom is -0.330 e. The third-order valence-corrected chi connectivity index (χ3v) is 5.64. The van der Waals surface area contributed by atoms with E-state index >= 15 is 0 Å². The summed E-state index contributed by atoms with van der Waals surface area (Å²) in [4.78, 5) is 0.310. The number of nitrogens with zero attached hydrogens (tertiary/aromatic N) is 1. The lowest BCUT2D eigenvalue weighted by atomic mass is 9.96. The third-order valence-electron chi connectivity index (χ3n) is 3.51. The number of benzene rings is 1. The van der Waals surface area contributed by atoms with Gasteiger partial charge in [0.05, 0.1) is 4.90 Å². The fourth-order valence-electron chi connectivity index (χ4n) is 2.47. The lowest BCUT2D eigenvalue weighted by Crippen LogP contribution is -2.40. The van der Waals surface area contributed by atoms with E-state index in [4.69, 9.17) is 17.3 Å². The number of hydrogen-bond donors (Lipinski definition) is 1. The Labute approximate surface area is 119 Å². The van der Waals surface area contributed by atoms with E-state index in [-0.39, 0.29) is 0 Å². The third kappa shape index (κ3) is 3.48. The highest BCUT2D eigenvalue weighted by Gasteiger charge is 2.29. The van der Waals surface area contributed by atoms with Crippen LogP contribution in [-0.2, 0) is 10.0 Å². The van der Waals surface area contributed by atoms with Gasteiger partial charge in [-0.25, -0.2) is 8.42 Å². The molecule has 19 heavy (non-hydrogen) atoms. The van der Waals surface area contributed by atoms with Crippen LogP contribution >= 0.6 is 11.6 Å². The normalized spacial score (nSPS) is 21.5. The zero-order valence-corrected chi connectivity index (χ0v) is 12.3. The van der Waals surface area contributed by atoms with Crippen LogP contribution in [0.5, 0.6) is 0 Å². The molecule has 6 heteroatoms. The van der Waals surface area contributed by atoms with Crippen LogP contribution in [0.1, 0.15) is 19.3 Å². The standard InChI is InChI=1S/C13H19ClN2O2S/c14-12-3-5-13(6-4-12)19(17,18)16-9-1-2-11(10-16)7-8-15/h3-6,11H,1-2,7-10,15H2. The highest BCUT2D eigenvalue weighted by atomic mass is 35.5. The van der Waals surface area contributed by atoms with E-state index in [1.165, 1.54) is 0 Å². The van der Waals surface area contributed by atoms with Crippen molar-refractivity contribution in [3.63, 3.8) is 0 Å². The van der Waals surface area contributed by atoms with Crippen molar-refractivity contribution >= 4 is 21.6 Å². The maximum atomic E-state index is 12.5. The summed E-state index contributed by atoms with van der Waals surface area (Å²) in [6, 6.07) is 6.33. The van der Waals surface area contributed by atoms with Gasteiger partial charge in [0.1, 0.15) is 0 Å². The summed E-state index contributed by atoms with van der Waals surface area (Å²) in [6.07, 6.45) is 2.84. The van der Waals surface area contributed by atoms with E-state index < -0.39 is 10.0 Å². The second kappa shape index (κ2) is 6.22. The first-order valence-electron chi connectivity index (χ1n) is 6.50. The summed E-state index contributed by atoms with van der Waals surface area (Å²) < 4.78 is 26.6. The molecular weight excluding hydrogens is 284 g/mol. The van der Waals surface area contributed by atoms with Gasteiger partial charge in [-0.1, -0.05) is 11.6 Å². The average molecular weight is 303 g/mol. The maximum Gasteiger partial charge on any atom is 0.243 e. The van der Waals surface area contributed by atoms with Gasteiger partial charge in [0.2, 0.25) is 10.0 Å². The minimum absolute atomic E-state index is 0.310. The lowest BCUT2D eigenvalue weighted by Gasteiger charge is -2.31. The van der Waals surface area contributed by atoms with Crippen molar-refractivity contribution in [1.82, 2.24) is 4.31 Å². The summed E-state index contributed by atoms with van der Waals surface area (Å²) in [6.45, 7) is 1.77. The Morgan fingerprint density at radius 3 is 2.63 bits per heavy atom. The molecule has 1 aliphatic heterocycles. The molecule has 1 aliphatic rings. The van der Waals surface area contributed by atoms with Gasteiger partial charge in [0, 0.05) is 18.1 Å². The van der Waals surface area contributed by atoms with Crippen molar-refractivity contribution in [2.24, 2.45) is 11.7 Å². The zero-order chi connectivity index (χ0) is 13.9. The molecular formula is C13H19ClN2O2S. The zero-order valence-electron chi connectivity index (χ0n) is 10.8. The molecule has 0 bridgehead atoms. The van der Waals surface area contributed by atoms with Crippen LogP contribution in [0.25, 0.3) is 0 Å². The van der Waals surface area contributed by atoms with Gasteiger partial charge in [-0.3, -0.25) is 0 Å². The van der Waals surface area contributed by atoms with Crippen molar-refractivity contribution in [2.75, 3.05) is 19.6 Å². The Kier molecular flexibility index (Phi) is 4.84. The summed E-state index contributed by atoms with van der Waals surface area (Å²) in [5, 5.41) is 0.540. The van der Waals surface area contributed by atoms with Crippen molar-refractivity contribution in [3.05, 3.63) is 29.3 Å². The number of piperidine rings is 1. The van der Waals surface area contributed by atoms with Crippen LogP contribution in [0.4, 0.5) is 0 Å². The fraction of sp³-hybridized carbons (Fsp3) is 0.538. The van der Waals surface area contributed by atoms with Crippen LogP contribution in [0.2, 0.25) is 5.02 Å². The van der Waals surface area contributed by atoms with Gasteiger partial charge in [-0.15, -0.1) is 0 Å². The SMILES string of the molecule is NCCC1CCCN(S(=O)(=O)c2ccc(Cl)cc2)C1. The molecule has 1 unspecified atom stereocenters. The Morgan fingerprint density at radius 2 is 2.00 bits per heavy atom. The van der Waals surface area contributed by atoms with Crippen LogP contribution < -0.4 is 5.73 Å². The first kappa shape index (κ1) is 14.8. The molecule has 0 saturated carbocycles. The monoisotopic (exact) mass is 302 g/mol. The molecule has 1 fully saturated rings. The second-order valence-corrected chi connectivity index (χ2v) is 7.28. The van der Waals surface area contributed by atoms with Crippen LogP contribution in [0.3, 0.4) is 0 Å². The smallest absolute Gasteiger partial charge is 0.243 e. The molecule has 106 valence electrons. The molecule has 0 aromatic heterocycles. The minimum atomic E-state index is -3.40. The van der Waals surface area contributed by atoms with Crippen LogP contribution in [0, 0.1) is 5.92 Å². The highest BCUT2D eigenvalue weighted by Crippen LogP contribution is 2.25. The Hall–Kier alpha value is -0.620. The molecule has 2 N–H and O–H groups in total. The Bertz CT molecular complexity index is 514. The molecule has 4 nitrogen and oxygen atoms in total. The topological polar surface area (TPSA) is 63.4 Å². The second-order valence-electron chi connectivity index (χ2n) is 4.90. The molecule has 1 aromatic carbocycles. The molecule has 0 radical (unpaired) electrons. The number of halogens is 1. The summed E-state index contributed by atoms with van der Waals surface area (Å²) in [5.74, 6) is 0.376. The van der Waals surface area contributed by atoms with E-state index in [1.54, 1.807) is 28.6 Å². The Morgan fingerprint density at radius 1 is 1.32 bits per heavy atom. The Balaban J connectivity index is 2.17. The van der Waals surface area contributed by atoms with Gasteiger partial charge < -0.3 is 5.73 Å². The van der Waals surface area contributed by atoms with E-state index in [0.717, 1.165) is 19.3 Å². The molecule has 1 saturated heterocycles. The van der Waals surface area contributed by atoms with Crippen molar-refractivity contribution in [3.8, 4) is 0 Å². The van der Waals surface area contributed by atoms with Crippen molar-refractivity contribution < 1.29 is 8.42 Å². The average Bonchev–Trinajstić information content (AvgIpc) is 2.40. The highest BCUT2D eigenvalue weighted by molar-refractivity contribution is 7.89. The van der Waals surface area contributed by atoms with Gasteiger partial charge in [0.25, 0.3) is 0 Å². The predicted octanol–water partition coefficient (Wildman–Crippen LogP) is 2.09. The number of sulfonamides is 1. The van der Waals surface area contributed by atoms with Crippen molar-refractivity contribution in [1.29, 1.82) is 0 Å². The predicted molar refractivity (Wildman–Crippen MR) is 76.6 cm³/mol. The van der Waals surface area contributed by atoms with Gasteiger partial charge in [-0.05, 0) is 56.0 Å².